The van der Waals surface area contributed by atoms with Gasteiger partial charge in [-0.3, -0.25) is 0 Å². The number of halogens is 3. The average molecular weight is 504 g/mol. The molecule has 5 heteroatoms. The van der Waals surface area contributed by atoms with Gasteiger partial charge in [-0.1, -0.05) is 70.0 Å². The van der Waals surface area contributed by atoms with Crippen molar-refractivity contribution in [1.82, 2.24) is 0 Å². The van der Waals surface area contributed by atoms with Crippen LogP contribution in [0.3, 0.4) is 0 Å². The lowest BCUT2D eigenvalue weighted by atomic mass is 10.0. The van der Waals surface area contributed by atoms with Gasteiger partial charge in [0, 0.05) is 15.1 Å². The van der Waals surface area contributed by atoms with Crippen LogP contribution in [0.2, 0.25) is 5.02 Å². The van der Waals surface area contributed by atoms with Crippen molar-refractivity contribution in [3.8, 4) is 11.8 Å². The van der Waals surface area contributed by atoms with Crippen molar-refractivity contribution in [3.63, 3.8) is 0 Å². The Balaban J connectivity index is 1.97. The number of allylic oxidation sites excluding steroid dienone is 1. The number of nitriles is 1. The van der Waals surface area contributed by atoms with E-state index in [4.69, 9.17) is 16.3 Å². The molecule has 0 heterocycles. The first-order valence-corrected chi connectivity index (χ1v) is 10.1. The largest absolute Gasteiger partial charge is 0.487 e. The fourth-order valence-corrected chi connectivity index (χ4v) is 4.16. The highest BCUT2D eigenvalue weighted by Crippen LogP contribution is 2.36. The van der Waals surface area contributed by atoms with E-state index in [2.05, 4.69) is 37.9 Å². The average Bonchev–Trinajstić information content (AvgIpc) is 2.66. The molecular formula is C22H14Br2ClNO. The monoisotopic (exact) mass is 501 g/mol. The van der Waals surface area contributed by atoms with Gasteiger partial charge in [0.1, 0.15) is 12.4 Å². The number of rotatable bonds is 5. The molecule has 0 saturated carbocycles. The molecule has 0 amide bonds. The maximum atomic E-state index is 9.61. The Bertz CT molecular complexity index is 1030. The first-order valence-electron chi connectivity index (χ1n) is 8.10. The fraction of sp³-hybridized carbons (Fsp3) is 0.0455. The Morgan fingerprint density at radius 3 is 2.52 bits per heavy atom. The third kappa shape index (κ3) is 5.23. The zero-order valence-corrected chi connectivity index (χ0v) is 18.1. The molecule has 0 N–H and O–H groups in total. The van der Waals surface area contributed by atoms with Crippen molar-refractivity contribution in [2.75, 3.05) is 0 Å². The van der Waals surface area contributed by atoms with E-state index in [9.17, 15) is 5.26 Å². The van der Waals surface area contributed by atoms with Crippen molar-refractivity contribution in [3.05, 3.63) is 97.4 Å². The summed E-state index contributed by atoms with van der Waals surface area (Å²) in [6.45, 7) is 0.370. The first-order chi connectivity index (χ1) is 13.1. The minimum Gasteiger partial charge on any atom is -0.487 e. The van der Waals surface area contributed by atoms with Crippen LogP contribution in [0.15, 0.2) is 75.7 Å². The fourth-order valence-electron chi connectivity index (χ4n) is 2.58. The molecule has 0 aromatic heterocycles. The van der Waals surface area contributed by atoms with Crippen LogP contribution >= 0.6 is 43.5 Å². The van der Waals surface area contributed by atoms with E-state index in [1.165, 1.54) is 0 Å². The summed E-state index contributed by atoms with van der Waals surface area (Å²) in [7, 11) is 0. The minimum atomic E-state index is 0.370. The predicted molar refractivity (Wildman–Crippen MR) is 118 cm³/mol. The van der Waals surface area contributed by atoms with Gasteiger partial charge in [0.2, 0.25) is 0 Å². The maximum absolute atomic E-state index is 9.61. The van der Waals surface area contributed by atoms with Crippen LogP contribution in [0, 0.1) is 11.3 Å². The molecule has 0 atom stereocenters. The molecule has 2 nitrogen and oxygen atoms in total. The van der Waals surface area contributed by atoms with Gasteiger partial charge in [0.25, 0.3) is 0 Å². The highest BCUT2D eigenvalue weighted by atomic mass is 79.9. The van der Waals surface area contributed by atoms with Crippen LogP contribution in [-0.2, 0) is 6.61 Å². The summed E-state index contributed by atoms with van der Waals surface area (Å²) < 4.78 is 7.76. The maximum Gasteiger partial charge on any atom is 0.141 e. The van der Waals surface area contributed by atoms with Gasteiger partial charge in [-0.05, 0) is 57.4 Å². The molecule has 0 aliphatic rings. The SMILES string of the molecule is N#C/C(=C\c1cc(Br)cc(Br)c1OCc1cccc(Cl)c1)c1ccccc1. The molecular weight excluding hydrogens is 490 g/mol. The second kappa shape index (κ2) is 9.23. The summed E-state index contributed by atoms with van der Waals surface area (Å²) in [5, 5.41) is 10.3. The molecule has 0 aliphatic carbocycles. The van der Waals surface area contributed by atoms with Gasteiger partial charge >= 0.3 is 0 Å². The Labute approximate surface area is 180 Å². The number of nitrogens with zero attached hydrogens (tertiary/aromatic N) is 1. The lowest BCUT2D eigenvalue weighted by molar-refractivity contribution is 0.303. The molecule has 0 radical (unpaired) electrons. The van der Waals surface area contributed by atoms with Gasteiger partial charge in [0.15, 0.2) is 0 Å². The predicted octanol–water partition coefficient (Wildman–Crippen LogP) is 7.51. The standard InChI is InChI=1S/C22H14Br2ClNO/c23-19-11-17(10-18(13-26)16-6-2-1-3-7-16)22(21(24)12-19)27-14-15-5-4-8-20(25)9-15/h1-12H,14H2/b18-10+. The number of benzene rings is 3. The number of hydrogen-bond donors (Lipinski definition) is 0. The van der Waals surface area contributed by atoms with E-state index in [1.807, 2.05) is 72.8 Å². The van der Waals surface area contributed by atoms with E-state index < -0.39 is 0 Å². The summed E-state index contributed by atoms with van der Waals surface area (Å²) in [5.74, 6) is 0.668. The summed E-state index contributed by atoms with van der Waals surface area (Å²) in [6, 6.07) is 23.2. The molecule has 0 spiro atoms. The Kier molecular flexibility index (Phi) is 6.73. The molecule has 0 fully saturated rings. The van der Waals surface area contributed by atoms with Gasteiger partial charge in [-0.2, -0.15) is 5.26 Å². The van der Waals surface area contributed by atoms with E-state index in [0.717, 1.165) is 25.6 Å². The van der Waals surface area contributed by atoms with Crippen molar-refractivity contribution in [2.45, 2.75) is 6.61 Å². The quantitative estimate of drug-likeness (QED) is 0.267. The van der Waals surface area contributed by atoms with Gasteiger partial charge in [-0.25, -0.2) is 0 Å². The Hall–Kier alpha value is -2.06. The summed E-state index contributed by atoms with van der Waals surface area (Å²) in [5.41, 5.74) is 3.19. The van der Waals surface area contributed by atoms with E-state index >= 15 is 0 Å². The van der Waals surface area contributed by atoms with Gasteiger partial charge in [0.05, 0.1) is 16.1 Å². The lowest BCUT2D eigenvalue weighted by Crippen LogP contribution is -1.98. The van der Waals surface area contributed by atoms with E-state index in [1.54, 1.807) is 0 Å². The van der Waals surface area contributed by atoms with Crippen molar-refractivity contribution >= 4 is 55.1 Å². The highest BCUT2D eigenvalue weighted by molar-refractivity contribution is 9.11. The second-order valence-electron chi connectivity index (χ2n) is 5.76. The molecule has 27 heavy (non-hydrogen) atoms. The summed E-state index contributed by atoms with van der Waals surface area (Å²) in [6.07, 6.45) is 1.83. The van der Waals surface area contributed by atoms with Crippen LogP contribution in [-0.4, -0.2) is 0 Å². The molecule has 0 bridgehead atoms. The molecule has 0 saturated heterocycles. The van der Waals surface area contributed by atoms with Crippen LogP contribution in [0.25, 0.3) is 11.6 Å². The smallest absolute Gasteiger partial charge is 0.141 e. The molecule has 3 rings (SSSR count). The van der Waals surface area contributed by atoms with Gasteiger partial charge in [-0.15, -0.1) is 0 Å². The van der Waals surface area contributed by atoms with Crippen LogP contribution in [0.1, 0.15) is 16.7 Å². The molecule has 3 aromatic carbocycles. The first kappa shape index (κ1) is 19.7. The van der Waals surface area contributed by atoms with Gasteiger partial charge < -0.3 is 4.74 Å². The molecule has 3 aromatic rings. The van der Waals surface area contributed by atoms with E-state index in [0.29, 0.717) is 23.0 Å². The highest BCUT2D eigenvalue weighted by Gasteiger charge is 2.11. The van der Waals surface area contributed by atoms with Crippen LogP contribution in [0.4, 0.5) is 0 Å². The number of ether oxygens (including phenoxy) is 1. The summed E-state index contributed by atoms with van der Waals surface area (Å²) >= 11 is 13.1. The lowest BCUT2D eigenvalue weighted by Gasteiger charge is -2.13. The Morgan fingerprint density at radius 2 is 1.81 bits per heavy atom. The molecule has 0 unspecified atom stereocenters. The van der Waals surface area contributed by atoms with Crippen molar-refractivity contribution in [1.29, 1.82) is 5.26 Å². The van der Waals surface area contributed by atoms with Crippen LogP contribution in [0.5, 0.6) is 5.75 Å². The minimum absolute atomic E-state index is 0.370. The second-order valence-corrected chi connectivity index (χ2v) is 7.97. The van der Waals surface area contributed by atoms with Crippen molar-refractivity contribution in [2.24, 2.45) is 0 Å². The topological polar surface area (TPSA) is 33.0 Å². The van der Waals surface area contributed by atoms with E-state index in [-0.39, 0.29) is 0 Å². The van der Waals surface area contributed by atoms with Crippen molar-refractivity contribution < 1.29 is 4.74 Å². The zero-order chi connectivity index (χ0) is 19.2. The summed E-state index contributed by atoms with van der Waals surface area (Å²) in [4.78, 5) is 0. The zero-order valence-electron chi connectivity index (χ0n) is 14.1. The Morgan fingerprint density at radius 1 is 1.04 bits per heavy atom. The third-order valence-electron chi connectivity index (χ3n) is 3.81. The molecule has 134 valence electrons. The number of hydrogen-bond acceptors (Lipinski definition) is 2. The molecule has 0 aliphatic heterocycles. The van der Waals surface area contributed by atoms with Crippen LogP contribution < -0.4 is 4.74 Å². The normalized spacial score (nSPS) is 11.1. The third-order valence-corrected chi connectivity index (χ3v) is 5.10.